The Hall–Kier alpha value is -2.42. The van der Waals surface area contributed by atoms with Gasteiger partial charge in [0, 0.05) is 0 Å². The SMILES string of the molecule is CC.O=S(=O)(C1=CCOc2c(F)ccc(F)c21)c1ccc(C(F)(F)F)cc1. The number of sulfone groups is 1. The maximum Gasteiger partial charge on any atom is 0.416 e. The van der Waals surface area contributed by atoms with Crippen LogP contribution in [0.4, 0.5) is 22.0 Å². The molecule has 27 heavy (non-hydrogen) atoms. The third kappa shape index (κ3) is 3.97. The van der Waals surface area contributed by atoms with Gasteiger partial charge >= 0.3 is 6.18 Å². The summed E-state index contributed by atoms with van der Waals surface area (Å²) in [5, 5.41) is 0. The number of halogens is 5. The van der Waals surface area contributed by atoms with Crippen molar-refractivity contribution in [3.63, 3.8) is 0 Å². The largest absolute Gasteiger partial charge is 0.486 e. The monoisotopic (exact) mass is 406 g/mol. The van der Waals surface area contributed by atoms with Crippen LogP contribution in [0.15, 0.2) is 47.4 Å². The van der Waals surface area contributed by atoms with Crippen LogP contribution in [0.2, 0.25) is 0 Å². The van der Waals surface area contributed by atoms with Crippen LogP contribution in [0, 0.1) is 11.6 Å². The fourth-order valence-electron chi connectivity index (χ4n) is 2.40. The Balaban J connectivity index is 0.00000126. The molecule has 0 saturated heterocycles. The Morgan fingerprint density at radius 2 is 1.48 bits per heavy atom. The number of benzene rings is 2. The average molecular weight is 406 g/mol. The van der Waals surface area contributed by atoms with E-state index in [1.807, 2.05) is 13.8 Å². The number of ether oxygens (including phenoxy) is 1. The molecule has 0 fully saturated rings. The molecule has 0 saturated carbocycles. The highest BCUT2D eigenvalue weighted by Gasteiger charge is 2.33. The van der Waals surface area contributed by atoms with Gasteiger partial charge in [-0.1, -0.05) is 13.8 Å². The molecule has 9 heteroatoms. The first kappa shape index (κ1) is 20.9. The zero-order chi connectivity index (χ0) is 20.4. The van der Waals surface area contributed by atoms with Gasteiger partial charge in [0.1, 0.15) is 12.4 Å². The zero-order valence-electron chi connectivity index (χ0n) is 14.3. The minimum atomic E-state index is -4.62. The predicted molar refractivity (Wildman–Crippen MR) is 89.8 cm³/mol. The summed E-state index contributed by atoms with van der Waals surface area (Å²) < 4.78 is 95.9. The molecule has 1 aliphatic heterocycles. The molecule has 3 nitrogen and oxygen atoms in total. The molecular weight excluding hydrogens is 391 g/mol. The Labute approximate surface area is 153 Å². The lowest BCUT2D eigenvalue weighted by molar-refractivity contribution is -0.137. The lowest BCUT2D eigenvalue weighted by Gasteiger charge is -2.20. The molecule has 1 aliphatic rings. The van der Waals surface area contributed by atoms with Gasteiger partial charge in [-0.25, -0.2) is 17.2 Å². The number of hydrogen-bond acceptors (Lipinski definition) is 3. The summed E-state index contributed by atoms with van der Waals surface area (Å²) in [5.74, 6) is -2.50. The van der Waals surface area contributed by atoms with Gasteiger partial charge in [0.15, 0.2) is 11.6 Å². The molecule has 0 N–H and O–H groups in total. The first-order valence-corrected chi connectivity index (χ1v) is 9.34. The van der Waals surface area contributed by atoms with Crippen molar-refractivity contribution >= 4 is 14.7 Å². The van der Waals surface area contributed by atoms with Crippen molar-refractivity contribution in [2.45, 2.75) is 24.9 Å². The van der Waals surface area contributed by atoms with Crippen LogP contribution in [0.3, 0.4) is 0 Å². The van der Waals surface area contributed by atoms with E-state index >= 15 is 0 Å². The van der Waals surface area contributed by atoms with Gasteiger partial charge in [-0.2, -0.15) is 13.2 Å². The maximum atomic E-state index is 14.1. The summed E-state index contributed by atoms with van der Waals surface area (Å²) in [6.45, 7) is 3.68. The molecule has 2 aromatic carbocycles. The third-order valence-electron chi connectivity index (χ3n) is 3.58. The second-order valence-electron chi connectivity index (χ2n) is 5.14. The van der Waals surface area contributed by atoms with E-state index in [1.165, 1.54) is 0 Å². The standard InChI is InChI=1S/C16H9F5O3S.C2H6/c17-11-5-6-12(18)15-14(11)13(7-8-24-15)25(22,23)10-3-1-9(2-4-10)16(19,20)21;1-2/h1-7H,8H2;1-2H3. The highest BCUT2D eigenvalue weighted by molar-refractivity contribution is 8.00. The van der Waals surface area contributed by atoms with E-state index in [0.717, 1.165) is 30.3 Å². The van der Waals surface area contributed by atoms with Crippen molar-refractivity contribution in [3.8, 4) is 5.75 Å². The van der Waals surface area contributed by atoms with Gasteiger partial charge < -0.3 is 4.74 Å². The van der Waals surface area contributed by atoms with Crippen molar-refractivity contribution in [2.75, 3.05) is 6.61 Å². The number of fused-ring (bicyclic) bond motifs is 1. The summed E-state index contributed by atoms with van der Waals surface area (Å²) in [4.78, 5) is -1.02. The number of alkyl halides is 3. The van der Waals surface area contributed by atoms with E-state index in [4.69, 9.17) is 4.74 Å². The van der Waals surface area contributed by atoms with Gasteiger partial charge in [0.2, 0.25) is 9.84 Å². The van der Waals surface area contributed by atoms with E-state index in [0.29, 0.717) is 12.1 Å². The maximum absolute atomic E-state index is 14.1. The van der Waals surface area contributed by atoms with Crippen molar-refractivity contribution in [1.82, 2.24) is 0 Å². The van der Waals surface area contributed by atoms with Crippen molar-refractivity contribution in [1.29, 1.82) is 0 Å². The lowest BCUT2D eigenvalue weighted by Crippen LogP contribution is -2.15. The lowest BCUT2D eigenvalue weighted by atomic mass is 10.1. The highest BCUT2D eigenvalue weighted by atomic mass is 32.2. The minimum Gasteiger partial charge on any atom is -0.486 e. The average Bonchev–Trinajstić information content (AvgIpc) is 2.65. The molecule has 2 aromatic rings. The molecule has 0 aliphatic carbocycles. The van der Waals surface area contributed by atoms with Crippen LogP contribution in [0.25, 0.3) is 4.91 Å². The number of hydrogen-bond donors (Lipinski definition) is 0. The topological polar surface area (TPSA) is 43.4 Å². The molecule has 146 valence electrons. The molecule has 0 unspecified atom stereocenters. The van der Waals surface area contributed by atoms with Crippen molar-refractivity contribution in [2.24, 2.45) is 0 Å². The number of rotatable bonds is 2. The highest BCUT2D eigenvalue weighted by Crippen LogP contribution is 2.40. The third-order valence-corrected chi connectivity index (χ3v) is 5.43. The summed E-state index contributed by atoms with van der Waals surface area (Å²) in [6.07, 6.45) is -3.58. The Morgan fingerprint density at radius 3 is 2.04 bits per heavy atom. The Kier molecular flexibility index (Phi) is 5.94. The summed E-state index contributed by atoms with van der Waals surface area (Å²) in [5.41, 5.74) is -1.60. The molecule has 0 amide bonds. The zero-order valence-corrected chi connectivity index (χ0v) is 15.1. The van der Waals surface area contributed by atoms with E-state index in [1.54, 1.807) is 0 Å². The summed E-state index contributed by atoms with van der Waals surface area (Å²) >= 11 is 0. The first-order valence-electron chi connectivity index (χ1n) is 7.86. The van der Waals surface area contributed by atoms with Gasteiger partial charge in [-0.3, -0.25) is 0 Å². The molecule has 0 bridgehead atoms. The Bertz CT molecular complexity index is 962. The smallest absolute Gasteiger partial charge is 0.416 e. The summed E-state index contributed by atoms with van der Waals surface area (Å²) in [7, 11) is -4.37. The van der Waals surface area contributed by atoms with Gasteiger partial charge in [-0.05, 0) is 42.5 Å². The first-order chi connectivity index (χ1) is 12.6. The summed E-state index contributed by atoms with van der Waals surface area (Å²) in [6, 6.07) is 4.29. The predicted octanol–water partition coefficient (Wildman–Crippen LogP) is 5.22. The minimum absolute atomic E-state index is 0.317. The Morgan fingerprint density at radius 1 is 0.926 bits per heavy atom. The molecule has 0 radical (unpaired) electrons. The van der Waals surface area contributed by atoms with E-state index < -0.39 is 54.3 Å². The van der Waals surface area contributed by atoms with Crippen LogP contribution < -0.4 is 4.74 Å². The molecule has 3 rings (SSSR count). The fraction of sp³-hybridized carbons (Fsp3) is 0.222. The normalized spacial score (nSPS) is 13.7. The molecule has 0 spiro atoms. The second kappa shape index (κ2) is 7.67. The second-order valence-corrected chi connectivity index (χ2v) is 7.06. The quantitative estimate of drug-likeness (QED) is 0.643. The van der Waals surface area contributed by atoms with E-state index in [2.05, 4.69) is 0 Å². The molecule has 1 heterocycles. The van der Waals surface area contributed by atoms with Crippen LogP contribution in [0.1, 0.15) is 25.0 Å². The van der Waals surface area contributed by atoms with Crippen molar-refractivity contribution < 1.29 is 35.1 Å². The van der Waals surface area contributed by atoms with Crippen LogP contribution in [0.5, 0.6) is 5.75 Å². The van der Waals surface area contributed by atoms with Crippen LogP contribution in [-0.2, 0) is 16.0 Å². The fourth-order valence-corrected chi connectivity index (χ4v) is 3.90. The van der Waals surface area contributed by atoms with Crippen LogP contribution in [-0.4, -0.2) is 15.0 Å². The van der Waals surface area contributed by atoms with Crippen LogP contribution >= 0.6 is 0 Å². The van der Waals surface area contributed by atoms with E-state index in [-0.39, 0.29) is 6.61 Å². The molecule has 0 aromatic heterocycles. The van der Waals surface area contributed by atoms with Gasteiger partial charge in [0.05, 0.1) is 20.9 Å². The van der Waals surface area contributed by atoms with Crippen molar-refractivity contribution in [3.05, 3.63) is 65.2 Å². The van der Waals surface area contributed by atoms with Gasteiger partial charge in [-0.15, -0.1) is 0 Å². The molecule has 0 atom stereocenters. The van der Waals surface area contributed by atoms with E-state index in [9.17, 15) is 30.4 Å². The van der Waals surface area contributed by atoms with Gasteiger partial charge in [0.25, 0.3) is 0 Å². The molecular formula is C18H15F5O3S.